The van der Waals surface area contributed by atoms with Crippen LogP contribution in [0.5, 0.6) is 17.2 Å². The number of ketones is 1. The van der Waals surface area contributed by atoms with Crippen molar-refractivity contribution in [2.75, 3.05) is 0 Å². The number of aromatic hydroxyl groups is 3. The van der Waals surface area contributed by atoms with E-state index in [2.05, 4.69) is 0 Å². The number of carbonyl (C=O) groups is 1. The Labute approximate surface area is 139 Å². The molecule has 0 saturated carbocycles. The Bertz CT molecular complexity index is 886. The van der Waals surface area contributed by atoms with Crippen molar-refractivity contribution in [2.45, 2.75) is 19.3 Å². The molecule has 0 unspecified atom stereocenters. The Morgan fingerprint density at radius 1 is 0.958 bits per heavy atom. The van der Waals surface area contributed by atoms with Crippen molar-refractivity contribution in [3.05, 3.63) is 65.7 Å². The molecular weight excluding hydrogens is 304 g/mol. The van der Waals surface area contributed by atoms with Gasteiger partial charge >= 0.3 is 0 Å². The fraction of sp³-hybridized carbons (Fsp3) is 0.150. The van der Waals surface area contributed by atoms with Crippen molar-refractivity contribution < 1.29 is 20.1 Å². The first kappa shape index (κ1) is 15.9. The minimum absolute atomic E-state index is 0.0262. The lowest BCUT2D eigenvalue weighted by Gasteiger charge is -2.14. The third kappa shape index (κ3) is 2.91. The summed E-state index contributed by atoms with van der Waals surface area (Å²) in [4.78, 5) is 12.5. The first-order valence-corrected chi connectivity index (χ1v) is 7.73. The molecule has 122 valence electrons. The summed E-state index contributed by atoms with van der Waals surface area (Å²) in [6.45, 7) is 1.97. The highest BCUT2D eigenvalue weighted by Crippen LogP contribution is 2.36. The van der Waals surface area contributed by atoms with Gasteiger partial charge in [0.05, 0.1) is 0 Å². The highest BCUT2D eigenvalue weighted by atomic mass is 16.3. The van der Waals surface area contributed by atoms with Gasteiger partial charge in [-0.2, -0.15) is 0 Å². The molecule has 24 heavy (non-hydrogen) atoms. The second-order valence-electron chi connectivity index (χ2n) is 5.96. The summed E-state index contributed by atoms with van der Waals surface area (Å²) < 4.78 is 0. The third-order valence-electron chi connectivity index (χ3n) is 4.24. The summed E-state index contributed by atoms with van der Waals surface area (Å²) in [6, 6.07) is 16.4. The number of rotatable bonds is 4. The van der Waals surface area contributed by atoms with Crippen molar-refractivity contribution in [3.63, 3.8) is 0 Å². The highest BCUT2D eigenvalue weighted by Gasteiger charge is 2.18. The second-order valence-corrected chi connectivity index (χ2v) is 5.96. The maximum absolute atomic E-state index is 12.5. The topological polar surface area (TPSA) is 77.8 Å². The van der Waals surface area contributed by atoms with Crippen LogP contribution in [0.4, 0.5) is 0 Å². The molecule has 1 atom stereocenters. The molecule has 0 radical (unpaired) electrons. The van der Waals surface area contributed by atoms with E-state index in [4.69, 9.17) is 0 Å². The molecule has 0 heterocycles. The predicted molar refractivity (Wildman–Crippen MR) is 92.7 cm³/mol. The molecule has 3 aromatic carbocycles. The van der Waals surface area contributed by atoms with Crippen LogP contribution in [0.3, 0.4) is 0 Å². The summed E-state index contributed by atoms with van der Waals surface area (Å²) in [5.41, 5.74) is 1.25. The number of carbonyl (C=O) groups excluding carboxylic acids is 1. The molecule has 0 aliphatic heterocycles. The van der Waals surface area contributed by atoms with Crippen LogP contribution in [0.2, 0.25) is 0 Å². The van der Waals surface area contributed by atoms with Crippen LogP contribution in [-0.4, -0.2) is 21.1 Å². The van der Waals surface area contributed by atoms with Crippen LogP contribution in [0.1, 0.15) is 35.2 Å². The predicted octanol–water partition coefficient (Wildman–Crippen LogP) is 4.33. The van der Waals surface area contributed by atoms with E-state index in [-0.39, 0.29) is 23.7 Å². The Morgan fingerprint density at radius 3 is 2.29 bits per heavy atom. The van der Waals surface area contributed by atoms with E-state index in [1.54, 1.807) is 0 Å². The molecule has 4 heteroatoms. The molecule has 4 nitrogen and oxygen atoms in total. The maximum atomic E-state index is 12.5. The van der Waals surface area contributed by atoms with Crippen LogP contribution in [0, 0.1) is 0 Å². The normalized spacial score (nSPS) is 12.2. The minimum Gasteiger partial charge on any atom is -0.504 e. The minimum atomic E-state index is -0.617. The van der Waals surface area contributed by atoms with Crippen LogP contribution in [0.25, 0.3) is 10.8 Å². The molecule has 0 amide bonds. The fourth-order valence-electron chi connectivity index (χ4n) is 2.95. The third-order valence-corrected chi connectivity index (χ3v) is 4.24. The van der Waals surface area contributed by atoms with Crippen LogP contribution in [-0.2, 0) is 0 Å². The molecule has 0 aliphatic carbocycles. The fourth-order valence-corrected chi connectivity index (χ4v) is 2.95. The van der Waals surface area contributed by atoms with Crippen molar-refractivity contribution in [1.82, 2.24) is 0 Å². The molecule has 0 saturated heterocycles. The van der Waals surface area contributed by atoms with Gasteiger partial charge in [-0.1, -0.05) is 49.4 Å². The number of Topliss-reactive ketones (excluding diaryl/α,β-unsaturated/α-hetero) is 1. The van der Waals surface area contributed by atoms with Gasteiger partial charge in [-0.25, -0.2) is 0 Å². The lowest BCUT2D eigenvalue weighted by atomic mass is 9.89. The summed E-state index contributed by atoms with van der Waals surface area (Å²) in [6.07, 6.45) is 0.234. The molecule has 3 aromatic rings. The average molecular weight is 322 g/mol. The van der Waals surface area contributed by atoms with Gasteiger partial charge < -0.3 is 15.3 Å². The first-order valence-electron chi connectivity index (χ1n) is 7.73. The Hall–Kier alpha value is -3.01. The van der Waals surface area contributed by atoms with Crippen molar-refractivity contribution >= 4 is 16.6 Å². The number of phenolic OH excluding ortho intramolecular Hbond substituents is 3. The number of fused-ring (bicyclic) bond motifs is 1. The first-order chi connectivity index (χ1) is 11.5. The zero-order valence-corrected chi connectivity index (χ0v) is 13.2. The van der Waals surface area contributed by atoms with Gasteiger partial charge in [-0.05, 0) is 34.4 Å². The molecule has 0 bridgehead atoms. The van der Waals surface area contributed by atoms with Crippen LogP contribution < -0.4 is 0 Å². The van der Waals surface area contributed by atoms with Gasteiger partial charge in [0.2, 0.25) is 0 Å². The molecule has 0 aliphatic rings. The average Bonchev–Trinajstić information content (AvgIpc) is 2.58. The van der Waals surface area contributed by atoms with E-state index in [1.165, 1.54) is 12.1 Å². The van der Waals surface area contributed by atoms with E-state index in [0.717, 1.165) is 16.3 Å². The summed E-state index contributed by atoms with van der Waals surface area (Å²) >= 11 is 0. The highest BCUT2D eigenvalue weighted by molar-refractivity contribution is 5.98. The van der Waals surface area contributed by atoms with Crippen molar-refractivity contribution in [2.24, 2.45) is 0 Å². The van der Waals surface area contributed by atoms with Gasteiger partial charge in [0.25, 0.3) is 0 Å². The molecule has 3 rings (SSSR count). The summed E-state index contributed by atoms with van der Waals surface area (Å²) in [7, 11) is 0. The zero-order chi connectivity index (χ0) is 17.3. The van der Waals surface area contributed by atoms with E-state index in [1.807, 2.05) is 49.4 Å². The monoisotopic (exact) mass is 322 g/mol. The number of hydrogen-bond acceptors (Lipinski definition) is 4. The van der Waals surface area contributed by atoms with Gasteiger partial charge in [-0.15, -0.1) is 0 Å². The Morgan fingerprint density at radius 2 is 1.58 bits per heavy atom. The molecule has 0 fully saturated rings. The summed E-state index contributed by atoms with van der Waals surface area (Å²) in [5.74, 6) is -1.86. The number of phenols is 3. The van der Waals surface area contributed by atoms with Crippen molar-refractivity contribution in [3.8, 4) is 17.2 Å². The lowest BCUT2D eigenvalue weighted by Crippen LogP contribution is -2.05. The SMILES string of the molecule is C[C@H](CC(=O)c1cc(O)c(O)c(O)c1)c1cccc2ccccc12. The van der Waals surface area contributed by atoms with Gasteiger partial charge in [0, 0.05) is 12.0 Å². The second kappa shape index (κ2) is 6.24. The molecule has 0 aromatic heterocycles. The molecular formula is C20H18O4. The van der Waals surface area contributed by atoms with Crippen LogP contribution in [0.15, 0.2) is 54.6 Å². The van der Waals surface area contributed by atoms with E-state index in [9.17, 15) is 20.1 Å². The Kier molecular flexibility index (Phi) is 4.13. The maximum Gasteiger partial charge on any atom is 0.200 e. The van der Waals surface area contributed by atoms with Crippen molar-refractivity contribution in [1.29, 1.82) is 0 Å². The molecule has 3 N–H and O–H groups in total. The van der Waals surface area contributed by atoms with E-state index >= 15 is 0 Å². The zero-order valence-electron chi connectivity index (χ0n) is 13.2. The standard InChI is InChI=1S/C20H18O4/c1-12(15-8-4-6-13-5-2-3-7-16(13)15)9-17(21)14-10-18(22)20(24)19(23)11-14/h2-8,10-12,22-24H,9H2,1H3/t12-/m1/s1. The van der Waals surface area contributed by atoms with Crippen LogP contribution >= 0.6 is 0 Å². The largest absolute Gasteiger partial charge is 0.504 e. The van der Waals surface area contributed by atoms with Gasteiger partial charge in [-0.3, -0.25) is 4.79 Å². The molecule has 0 spiro atoms. The number of benzene rings is 3. The van der Waals surface area contributed by atoms with Gasteiger partial charge in [0.1, 0.15) is 0 Å². The van der Waals surface area contributed by atoms with Gasteiger partial charge in [0.15, 0.2) is 23.0 Å². The Balaban J connectivity index is 1.89. The number of hydrogen-bond donors (Lipinski definition) is 3. The smallest absolute Gasteiger partial charge is 0.200 e. The summed E-state index contributed by atoms with van der Waals surface area (Å²) in [5, 5.41) is 30.7. The quantitative estimate of drug-likeness (QED) is 0.493. The van der Waals surface area contributed by atoms with E-state index < -0.39 is 17.2 Å². The lowest BCUT2D eigenvalue weighted by molar-refractivity contribution is 0.0975. The van der Waals surface area contributed by atoms with E-state index in [0.29, 0.717) is 0 Å².